The number of furan rings is 1. The Hall–Kier alpha value is -3.50. The molecular formula is C24H15ClO4. The zero-order chi connectivity index (χ0) is 20.0. The first-order chi connectivity index (χ1) is 14.1. The van der Waals surface area contributed by atoms with Crippen LogP contribution in [0.25, 0.3) is 44.2 Å². The maximum absolute atomic E-state index is 12.5. The lowest BCUT2D eigenvalue weighted by atomic mass is 10.0. The second-order valence-electron chi connectivity index (χ2n) is 6.72. The average molecular weight is 403 g/mol. The normalized spacial score (nSPS) is 11.2. The lowest BCUT2D eigenvalue weighted by Gasteiger charge is -2.05. The van der Waals surface area contributed by atoms with Gasteiger partial charge in [-0.2, -0.15) is 0 Å². The third-order valence-corrected chi connectivity index (χ3v) is 5.22. The summed E-state index contributed by atoms with van der Waals surface area (Å²) >= 11 is 5.96. The molecule has 3 aromatic carbocycles. The van der Waals surface area contributed by atoms with Crippen LogP contribution in [0.1, 0.15) is 0 Å². The van der Waals surface area contributed by atoms with Gasteiger partial charge in [0.25, 0.3) is 0 Å². The van der Waals surface area contributed by atoms with E-state index < -0.39 is 5.63 Å². The fraction of sp³-hybridized carbons (Fsp3) is 0.0417. The van der Waals surface area contributed by atoms with Gasteiger partial charge >= 0.3 is 5.63 Å². The van der Waals surface area contributed by atoms with Crippen LogP contribution >= 0.6 is 11.6 Å². The lowest BCUT2D eigenvalue weighted by molar-refractivity contribution is 0.415. The van der Waals surface area contributed by atoms with Gasteiger partial charge in [0, 0.05) is 27.4 Å². The van der Waals surface area contributed by atoms with Crippen molar-refractivity contribution >= 4 is 33.5 Å². The number of ether oxygens (including phenoxy) is 1. The highest BCUT2D eigenvalue weighted by Crippen LogP contribution is 2.35. The molecule has 0 unspecified atom stereocenters. The van der Waals surface area contributed by atoms with E-state index in [-0.39, 0.29) is 0 Å². The Morgan fingerprint density at radius 3 is 2.48 bits per heavy atom. The standard InChI is InChI=1S/C24H15ClO4/c1-27-18-4-2-3-15(9-18)21-13-28-23-12-22-16(11-20(21)23)10-19(24(26)29-22)14-5-7-17(25)8-6-14/h2-13H,1H3. The Kier molecular flexibility index (Phi) is 4.14. The van der Waals surface area contributed by atoms with Gasteiger partial charge in [-0.3, -0.25) is 0 Å². The predicted molar refractivity (Wildman–Crippen MR) is 115 cm³/mol. The van der Waals surface area contributed by atoms with Crippen LogP contribution in [0.4, 0.5) is 0 Å². The van der Waals surface area contributed by atoms with E-state index in [0.29, 0.717) is 21.8 Å². The van der Waals surface area contributed by atoms with Gasteiger partial charge in [-0.15, -0.1) is 0 Å². The monoisotopic (exact) mass is 402 g/mol. The fourth-order valence-electron chi connectivity index (χ4n) is 3.49. The van der Waals surface area contributed by atoms with Crippen LogP contribution in [0.15, 0.2) is 86.6 Å². The number of rotatable bonds is 3. The minimum Gasteiger partial charge on any atom is -0.497 e. The predicted octanol–water partition coefficient (Wildman–Crippen LogP) is 6.54. The molecule has 0 amide bonds. The first kappa shape index (κ1) is 17.6. The van der Waals surface area contributed by atoms with Crippen LogP contribution in [-0.2, 0) is 0 Å². The molecule has 0 aliphatic carbocycles. The number of methoxy groups -OCH3 is 1. The quantitative estimate of drug-likeness (QED) is 0.322. The molecule has 2 aromatic heterocycles. The van der Waals surface area contributed by atoms with E-state index in [1.165, 1.54) is 0 Å². The highest BCUT2D eigenvalue weighted by Gasteiger charge is 2.14. The Morgan fingerprint density at radius 1 is 0.862 bits per heavy atom. The molecule has 29 heavy (non-hydrogen) atoms. The van der Waals surface area contributed by atoms with Crippen molar-refractivity contribution in [1.29, 1.82) is 0 Å². The maximum Gasteiger partial charge on any atom is 0.344 e. The summed E-state index contributed by atoms with van der Waals surface area (Å²) in [5, 5.41) is 2.36. The van der Waals surface area contributed by atoms with Crippen LogP contribution < -0.4 is 10.4 Å². The molecular weight excluding hydrogens is 388 g/mol. The number of hydrogen-bond donors (Lipinski definition) is 0. The Labute approximate surface area is 170 Å². The average Bonchev–Trinajstić information content (AvgIpc) is 3.15. The van der Waals surface area contributed by atoms with Crippen molar-refractivity contribution in [2.45, 2.75) is 0 Å². The SMILES string of the molecule is COc1cccc(-c2coc3cc4oc(=O)c(-c5ccc(Cl)cc5)cc4cc23)c1. The second-order valence-corrected chi connectivity index (χ2v) is 7.16. The Balaban J connectivity index is 1.71. The molecule has 5 aromatic rings. The largest absolute Gasteiger partial charge is 0.497 e. The van der Waals surface area contributed by atoms with Gasteiger partial charge in [0.2, 0.25) is 0 Å². The lowest BCUT2D eigenvalue weighted by Crippen LogP contribution is -2.02. The number of fused-ring (bicyclic) bond motifs is 2. The van der Waals surface area contributed by atoms with Crippen molar-refractivity contribution in [2.75, 3.05) is 7.11 Å². The summed E-state index contributed by atoms with van der Waals surface area (Å²) in [6, 6.07) is 20.5. The molecule has 0 saturated heterocycles. The Morgan fingerprint density at radius 2 is 1.69 bits per heavy atom. The fourth-order valence-corrected chi connectivity index (χ4v) is 3.61. The van der Waals surface area contributed by atoms with Gasteiger partial charge in [0.15, 0.2) is 0 Å². The van der Waals surface area contributed by atoms with E-state index in [9.17, 15) is 4.79 Å². The first-order valence-electron chi connectivity index (χ1n) is 9.02. The van der Waals surface area contributed by atoms with Gasteiger partial charge in [-0.25, -0.2) is 4.79 Å². The first-order valence-corrected chi connectivity index (χ1v) is 9.39. The minimum atomic E-state index is -0.404. The zero-order valence-electron chi connectivity index (χ0n) is 15.4. The maximum atomic E-state index is 12.5. The third kappa shape index (κ3) is 3.08. The molecule has 0 radical (unpaired) electrons. The number of hydrogen-bond acceptors (Lipinski definition) is 4. The zero-order valence-corrected chi connectivity index (χ0v) is 16.2. The molecule has 4 nitrogen and oxygen atoms in total. The molecule has 0 aliphatic rings. The van der Waals surface area contributed by atoms with Gasteiger partial charge in [-0.1, -0.05) is 35.9 Å². The summed E-state index contributed by atoms with van der Waals surface area (Å²) in [4.78, 5) is 12.5. The van der Waals surface area contributed by atoms with Crippen LogP contribution in [-0.4, -0.2) is 7.11 Å². The van der Waals surface area contributed by atoms with E-state index in [1.807, 2.05) is 36.4 Å². The summed E-state index contributed by atoms with van der Waals surface area (Å²) in [6.07, 6.45) is 1.70. The Bertz CT molecular complexity index is 1410. The van der Waals surface area contributed by atoms with Crippen molar-refractivity contribution in [3.05, 3.63) is 88.4 Å². The van der Waals surface area contributed by atoms with Crippen LogP contribution in [0, 0.1) is 0 Å². The number of benzene rings is 3. The van der Waals surface area contributed by atoms with Gasteiger partial charge in [0.05, 0.1) is 18.9 Å². The molecule has 0 spiro atoms. The van der Waals surface area contributed by atoms with Gasteiger partial charge in [-0.05, 0) is 47.5 Å². The van der Waals surface area contributed by atoms with Crippen LogP contribution in [0.3, 0.4) is 0 Å². The molecule has 0 aliphatic heterocycles. The minimum absolute atomic E-state index is 0.404. The molecule has 0 N–H and O–H groups in total. The van der Waals surface area contributed by atoms with E-state index in [0.717, 1.165) is 33.2 Å². The highest BCUT2D eigenvalue weighted by molar-refractivity contribution is 6.30. The van der Waals surface area contributed by atoms with Crippen LogP contribution in [0.2, 0.25) is 5.02 Å². The molecule has 0 bridgehead atoms. The number of halogens is 1. The van der Waals surface area contributed by atoms with Gasteiger partial charge < -0.3 is 13.6 Å². The highest BCUT2D eigenvalue weighted by atomic mass is 35.5. The summed E-state index contributed by atoms with van der Waals surface area (Å²) in [7, 11) is 1.64. The molecule has 142 valence electrons. The molecule has 0 atom stereocenters. The molecule has 5 rings (SSSR count). The molecule has 0 saturated carbocycles. The van der Waals surface area contributed by atoms with Gasteiger partial charge in [0.1, 0.15) is 16.9 Å². The van der Waals surface area contributed by atoms with Crippen molar-refractivity contribution in [1.82, 2.24) is 0 Å². The van der Waals surface area contributed by atoms with Crippen molar-refractivity contribution in [3.8, 4) is 28.0 Å². The van der Waals surface area contributed by atoms with E-state index >= 15 is 0 Å². The van der Waals surface area contributed by atoms with Crippen molar-refractivity contribution < 1.29 is 13.6 Å². The summed E-state index contributed by atoms with van der Waals surface area (Å²) in [6.45, 7) is 0. The van der Waals surface area contributed by atoms with E-state index in [4.69, 9.17) is 25.2 Å². The molecule has 5 heteroatoms. The summed E-state index contributed by atoms with van der Waals surface area (Å²) in [5.41, 5.74) is 3.89. The smallest absolute Gasteiger partial charge is 0.344 e. The van der Waals surface area contributed by atoms with Crippen LogP contribution in [0.5, 0.6) is 5.75 Å². The second kappa shape index (κ2) is 6.83. The summed E-state index contributed by atoms with van der Waals surface area (Å²) in [5.74, 6) is 0.772. The van der Waals surface area contributed by atoms with Crippen molar-refractivity contribution in [3.63, 3.8) is 0 Å². The molecule has 2 heterocycles. The van der Waals surface area contributed by atoms with E-state index in [1.54, 1.807) is 43.7 Å². The molecule has 0 fully saturated rings. The topological polar surface area (TPSA) is 52.6 Å². The van der Waals surface area contributed by atoms with E-state index in [2.05, 4.69) is 0 Å². The summed E-state index contributed by atoms with van der Waals surface area (Å²) < 4.78 is 16.6. The van der Waals surface area contributed by atoms with Crippen molar-refractivity contribution in [2.24, 2.45) is 0 Å². The third-order valence-electron chi connectivity index (χ3n) is 4.96.